The Labute approximate surface area is 177 Å². The van der Waals surface area contributed by atoms with Crippen molar-refractivity contribution >= 4 is 39.8 Å². The molecule has 0 spiro atoms. The van der Waals surface area contributed by atoms with Gasteiger partial charge in [-0.25, -0.2) is 4.39 Å². The predicted molar refractivity (Wildman–Crippen MR) is 119 cm³/mol. The Hall–Kier alpha value is -3.71. The van der Waals surface area contributed by atoms with E-state index < -0.39 is 5.91 Å². The monoisotopic (exact) mass is 419 g/mol. The maximum absolute atomic E-state index is 13.3. The fourth-order valence-electron chi connectivity index (χ4n) is 2.96. The molecule has 0 aliphatic carbocycles. The van der Waals surface area contributed by atoms with Crippen LogP contribution in [0.25, 0.3) is 10.9 Å². The number of H-pyrrole nitrogens is 1. The molecule has 0 saturated heterocycles. The van der Waals surface area contributed by atoms with Gasteiger partial charge in [0.25, 0.3) is 5.91 Å². The predicted octanol–water partition coefficient (Wildman–Crippen LogP) is 5.01. The molecule has 0 saturated carbocycles. The average molecular weight is 419 g/mol. The molecule has 1 aromatic heterocycles. The van der Waals surface area contributed by atoms with Gasteiger partial charge < -0.3 is 15.0 Å². The second-order valence-electron chi connectivity index (χ2n) is 6.62. The summed E-state index contributed by atoms with van der Waals surface area (Å²) in [4.78, 5) is 15.4. The number of aromatic amines is 1. The van der Waals surface area contributed by atoms with Crippen LogP contribution < -0.4 is 15.4 Å². The van der Waals surface area contributed by atoms with E-state index in [1.165, 1.54) is 12.1 Å². The number of carbonyl (C=O) groups excluding carboxylic acids is 1. The highest BCUT2D eigenvalue weighted by molar-refractivity contribution is 7.80. The molecule has 150 valence electrons. The zero-order valence-corrected chi connectivity index (χ0v) is 16.6. The second-order valence-corrected chi connectivity index (χ2v) is 7.03. The van der Waals surface area contributed by atoms with Gasteiger partial charge in [0.2, 0.25) is 0 Å². The summed E-state index contributed by atoms with van der Waals surface area (Å²) in [6, 6.07) is 23.0. The fourth-order valence-corrected chi connectivity index (χ4v) is 3.17. The molecular weight excluding hydrogens is 401 g/mol. The molecule has 0 unspecified atom stereocenters. The van der Waals surface area contributed by atoms with E-state index in [9.17, 15) is 9.18 Å². The normalized spacial score (nSPS) is 10.6. The zero-order chi connectivity index (χ0) is 20.9. The molecule has 0 aliphatic heterocycles. The molecule has 7 heteroatoms. The zero-order valence-electron chi connectivity index (χ0n) is 15.8. The summed E-state index contributed by atoms with van der Waals surface area (Å²) in [5.74, 6) is -0.101. The molecule has 0 aliphatic rings. The van der Waals surface area contributed by atoms with Gasteiger partial charge in [0.15, 0.2) is 5.11 Å². The Morgan fingerprint density at radius 3 is 2.67 bits per heavy atom. The molecule has 30 heavy (non-hydrogen) atoms. The van der Waals surface area contributed by atoms with Crippen LogP contribution in [0.2, 0.25) is 0 Å². The van der Waals surface area contributed by atoms with E-state index in [-0.39, 0.29) is 10.9 Å². The van der Waals surface area contributed by atoms with Gasteiger partial charge in [-0.05, 0) is 54.2 Å². The number of fused-ring (bicyclic) bond motifs is 1. The van der Waals surface area contributed by atoms with E-state index in [1.807, 2.05) is 48.5 Å². The van der Waals surface area contributed by atoms with Gasteiger partial charge in [-0.15, -0.1) is 0 Å². The van der Waals surface area contributed by atoms with Crippen molar-refractivity contribution in [2.45, 2.75) is 6.61 Å². The summed E-state index contributed by atoms with van der Waals surface area (Å²) < 4.78 is 19.1. The topological polar surface area (TPSA) is 66.2 Å². The molecule has 0 bridgehead atoms. The third-order valence-corrected chi connectivity index (χ3v) is 4.60. The summed E-state index contributed by atoms with van der Waals surface area (Å²) in [6.45, 7) is 0.451. The third-order valence-electron chi connectivity index (χ3n) is 4.39. The van der Waals surface area contributed by atoms with E-state index >= 15 is 0 Å². The Bertz CT molecular complexity index is 1210. The molecule has 3 N–H and O–H groups in total. The lowest BCUT2D eigenvalue weighted by Crippen LogP contribution is -2.34. The summed E-state index contributed by atoms with van der Waals surface area (Å²) in [5, 5.41) is 6.34. The first-order chi connectivity index (χ1) is 14.6. The summed E-state index contributed by atoms with van der Waals surface area (Å²) in [5.41, 5.74) is 2.71. The Morgan fingerprint density at radius 2 is 1.83 bits per heavy atom. The number of rotatable bonds is 5. The molecule has 3 aromatic carbocycles. The maximum Gasteiger partial charge on any atom is 0.273 e. The van der Waals surface area contributed by atoms with Crippen LogP contribution in [0.5, 0.6) is 5.75 Å². The van der Waals surface area contributed by atoms with Crippen LogP contribution in [0.15, 0.2) is 78.9 Å². The van der Waals surface area contributed by atoms with Crippen molar-refractivity contribution in [2.24, 2.45) is 0 Å². The quantitative estimate of drug-likeness (QED) is 0.398. The highest BCUT2D eigenvalue weighted by Gasteiger charge is 2.12. The van der Waals surface area contributed by atoms with Gasteiger partial charge in [0.1, 0.15) is 23.9 Å². The molecule has 4 rings (SSSR count). The SMILES string of the molecule is O=C(NC(=S)Nc1cccc(OCc2ccccc2)c1)c1cc2cc(F)ccc2[nH]1. The van der Waals surface area contributed by atoms with Crippen molar-refractivity contribution in [1.29, 1.82) is 0 Å². The van der Waals surface area contributed by atoms with Crippen molar-refractivity contribution < 1.29 is 13.9 Å². The first-order valence-corrected chi connectivity index (χ1v) is 9.65. The highest BCUT2D eigenvalue weighted by Crippen LogP contribution is 2.19. The second kappa shape index (κ2) is 8.75. The molecule has 1 heterocycles. The van der Waals surface area contributed by atoms with E-state index in [4.69, 9.17) is 17.0 Å². The molecule has 1 amide bonds. The van der Waals surface area contributed by atoms with Crippen LogP contribution in [0.4, 0.5) is 10.1 Å². The number of carbonyl (C=O) groups is 1. The number of halogens is 1. The van der Waals surface area contributed by atoms with Crippen LogP contribution >= 0.6 is 12.2 Å². The first-order valence-electron chi connectivity index (χ1n) is 9.24. The number of anilines is 1. The molecule has 5 nitrogen and oxygen atoms in total. The van der Waals surface area contributed by atoms with Crippen molar-refractivity contribution in [2.75, 3.05) is 5.32 Å². The van der Waals surface area contributed by atoms with Crippen molar-refractivity contribution in [1.82, 2.24) is 10.3 Å². The minimum Gasteiger partial charge on any atom is -0.489 e. The lowest BCUT2D eigenvalue weighted by molar-refractivity contribution is 0.0973. The highest BCUT2D eigenvalue weighted by atomic mass is 32.1. The first kappa shape index (κ1) is 19.6. The summed E-state index contributed by atoms with van der Waals surface area (Å²) in [7, 11) is 0. The smallest absolute Gasteiger partial charge is 0.273 e. The summed E-state index contributed by atoms with van der Waals surface area (Å²) >= 11 is 5.24. The van der Waals surface area contributed by atoms with Crippen LogP contribution in [0.1, 0.15) is 16.1 Å². The number of hydrogen-bond acceptors (Lipinski definition) is 3. The number of thiocarbonyl (C=S) groups is 1. The number of amides is 1. The van der Waals surface area contributed by atoms with Crippen molar-refractivity contribution in [3.63, 3.8) is 0 Å². The Morgan fingerprint density at radius 1 is 1.00 bits per heavy atom. The molecule has 0 fully saturated rings. The number of hydrogen-bond donors (Lipinski definition) is 3. The van der Waals surface area contributed by atoms with Crippen molar-refractivity contribution in [3.8, 4) is 5.75 Å². The fraction of sp³-hybridized carbons (Fsp3) is 0.0435. The minimum absolute atomic E-state index is 0.144. The third kappa shape index (κ3) is 4.82. The lowest BCUT2D eigenvalue weighted by Gasteiger charge is -2.11. The average Bonchev–Trinajstić information content (AvgIpc) is 3.16. The van der Waals surface area contributed by atoms with Crippen LogP contribution in [0.3, 0.4) is 0 Å². The van der Waals surface area contributed by atoms with Crippen LogP contribution in [-0.2, 0) is 6.61 Å². The van der Waals surface area contributed by atoms with E-state index in [0.717, 1.165) is 5.56 Å². The Balaban J connectivity index is 1.36. The minimum atomic E-state index is -0.416. The molecule has 0 radical (unpaired) electrons. The number of aromatic nitrogens is 1. The standard InChI is InChI=1S/C23H18FN3O2S/c24-17-9-10-20-16(11-17)12-21(26-20)22(28)27-23(30)25-18-7-4-8-19(13-18)29-14-15-5-2-1-3-6-15/h1-13,26H,14H2,(H2,25,27,28,30). The molecule has 0 atom stereocenters. The number of benzene rings is 3. The molecule has 4 aromatic rings. The largest absolute Gasteiger partial charge is 0.489 e. The lowest BCUT2D eigenvalue weighted by atomic mass is 10.2. The van der Waals surface area contributed by atoms with Gasteiger partial charge in [-0.3, -0.25) is 10.1 Å². The van der Waals surface area contributed by atoms with E-state index in [0.29, 0.717) is 34.6 Å². The maximum atomic E-state index is 13.3. The Kier molecular flexibility index (Phi) is 5.72. The molecular formula is C23H18FN3O2S. The van der Waals surface area contributed by atoms with Gasteiger partial charge in [0, 0.05) is 22.7 Å². The van der Waals surface area contributed by atoms with Gasteiger partial charge in [-0.1, -0.05) is 36.4 Å². The number of nitrogens with one attached hydrogen (secondary N) is 3. The van der Waals surface area contributed by atoms with E-state index in [2.05, 4.69) is 15.6 Å². The number of ether oxygens (including phenoxy) is 1. The summed E-state index contributed by atoms with van der Waals surface area (Å²) in [6.07, 6.45) is 0. The van der Waals surface area contributed by atoms with Crippen molar-refractivity contribution in [3.05, 3.63) is 95.9 Å². The van der Waals surface area contributed by atoms with E-state index in [1.54, 1.807) is 18.2 Å². The van der Waals surface area contributed by atoms with Crippen LogP contribution in [0, 0.1) is 5.82 Å². The van der Waals surface area contributed by atoms with Gasteiger partial charge >= 0.3 is 0 Å². The van der Waals surface area contributed by atoms with Gasteiger partial charge in [0.05, 0.1) is 0 Å². The van der Waals surface area contributed by atoms with Crippen LogP contribution in [-0.4, -0.2) is 16.0 Å². The van der Waals surface area contributed by atoms with Gasteiger partial charge in [-0.2, -0.15) is 0 Å².